The number of nitrogens with zero attached hydrogens (tertiary/aromatic N) is 1. The summed E-state index contributed by atoms with van der Waals surface area (Å²) in [6, 6.07) is 4.06. The average Bonchev–Trinajstić information content (AvgIpc) is 2.89. The number of amides is 1. The van der Waals surface area contributed by atoms with Gasteiger partial charge in [-0.15, -0.1) is 29.7 Å². The summed E-state index contributed by atoms with van der Waals surface area (Å²) in [5.41, 5.74) is 5.51. The second-order valence-corrected chi connectivity index (χ2v) is 6.80. The molecule has 0 saturated carbocycles. The molecule has 0 saturated heterocycles. The number of nitrogens with two attached hydrogens (primary N) is 1. The van der Waals surface area contributed by atoms with E-state index in [0.717, 1.165) is 6.42 Å². The fourth-order valence-electron chi connectivity index (χ4n) is 1.62. The maximum absolute atomic E-state index is 12.2. The van der Waals surface area contributed by atoms with Crippen LogP contribution in [0.1, 0.15) is 18.2 Å². The molecule has 0 aliphatic rings. The van der Waals surface area contributed by atoms with Crippen LogP contribution in [0.4, 0.5) is 0 Å². The van der Waals surface area contributed by atoms with E-state index in [1.54, 1.807) is 29.2 Å². The molecule has 0 aliphatic heterocycles. The Morgan fingerprint density at radius 3 is 3.05 bits per heavy atom. The predicted molar refractivity (Wildman–Crippen MR) is 85.5 cm³/mol. The van der Waals surface area contributed by atoms with Gasteiger partial charge in [-0.3, -0.25) is 4.79 Å². The lowest BCUT2D eigenvalue weighted by Crippen LogP contribution is -2.32. The Hall–Kier alpha value is -0.780. The Morgan fingerprint density at radius 1 is 1.68 bits per heavy atom. The summed E-state index contributed by atoms with van der Waals surface area (Å²) >= 11 is 3.35. The molecule has 0 fully saturated rings. The molecule has 0 aromatic carbocycles. The van der Waals surface area contributed by atoms with Crippen LogP contribution in [0.15, 0.2) is 30.2 Å². The summed E-state index contributed by atoms with van der Waals surface area (Å²) < 4.78 is 0. The Bertz CT molecular complexity index is 379. The molecule has 1 aromatic heterocycles. The lowest BCUT2D eigenvalue weighted by Gasteiger charge is -2.21. The van der Waals surface area contributed by atoms with E-state index in [9.17, 15) is 4.79 Å². The molecule has 0 radical (unpaired) electrons. The zero-order valence-electron chi connectivity index (χ0n) is 11.4. The van der Waals surface area contributed by atoms with Gasteiger partial charge >= 0.3 is 0 Å². The Morgan fingerprint density at radius 2 is 2.47 bits per heavy atom. The van der Waals surface area contributed by atoms with Crippen LogP contribution in [0.2, 0.25) is 0 Å². The van der Waals surface area contributed by atoms with Crippen molar-refractivity contribution in [2.75, 3.05) is 18.8 Å². The summed E-state index contributed by atoms with van der Waals surface area (Å²) in [6.45, 7) is 7.79. The summed E-state index contributed by atoms with van der Waals surface area (Å²) in [7, 11) is 0. The van der Waals surface area contributed by atoms with Crippen molar-refractivity contribution in [2.45, 2.75) is 25.1 Å². The van der Waals surface area contributed by atoms with Gasteiger partial charge in [-0.25, -0.2) is 0 Å². The van der Waals surface area contributed by atoms with Crippen LogP contribution >= 0.6 is 23.1 Å². The van der Waals surface area contributed by atoms with Crippen LogP contribution in [-0.2, 0) is 11.3 Å². The fourth-order valence-corrected chi connectivity index (χ4v) is 3.26. The third-order valence-corrected chi connectivity index (χ3v) is 4.77. The van der Waals surface area contributed by atoms with E-state index in [0.29, 0.717) is 30.6 Å². The molecule has 1 atom stereocenters. The van der Waals surface area contributed by atoms with Gasteiger partial charge in [0.05, 0.1) is 12.3 Å². The third kappa shape index (κ3) is 6.27. The quantitative estimate of drug-likeness (QED) is 0.713. The molecule has 1 aromatic rings. The molecule has 1 heterocycles. The minimum Gasteiger partial charge on any atom is -0.333 e. The average molecular weight is 298 g/mol. The number of hydrogen-bond donors (Lipinski definition) is 1. The second kappa shape index (κ2) is 9.18. The van der Waals surface area contributed by atoms with Gasteiger partial charge in [-0.2, -0.15) is 0 Å². The first-order valence-electron chi connectivity index (χ1n) is 6.40. The zero-order chi connectivity index (χ0) is 14.1. The highest BCUT2D eigenvalue weighted by molar-refractivity contribution is 8.00. The van der Waals surface area contributed by atoms with Gasteiger partial charge < -0.3 is 10.6 Å². The maximum Gasteiger partial charge on any atom is 0.233 e. The predicted octanol–water partition coefficient (Wildman–Crippen LogP) is 2.73. The van der Waals surface area contributed by atoms with Crippen LogP contribution in [0.5, 0.6) is 0 Å². The molecular formula is C14H22N2OS2. The highest BCUT2D eigenvalue weighted by Gasteiger charge is 2.14. The number of carbonyl (C=O) groups excluding carboxylic acids is 1. The molecule has 106 valence electrons. The smallest absolute Gasteiger partial charge is 0.233 e. The highest BCUT2D eigenvalue weighted by Crippen LogP contribution is 2.16. The van der Waals surface area contributed by atoms with Gasteiger partial charge in [0.2, 0.25) is 5.91 Å². The standard InChI is InChI=1S/C14H22N2OS2/c1-3-8-16(10-13-5-4-9-18-13)14(17)11-19-12(2)6-7-15/h3-5,9,12H,1,6-8,10-11,15H2,2H3. The van der Waals surface area contributed by atoms with E-state index >= 15 is 0 Å². The van der Waals surface area contributed by atoms with Crippen LogP contribution in [0.3, 0.4) is 0 Å². The molecule has 0 aliphatic carbocycles. The van der Waals surface area contributed by atoms with Gasteiger partial charge in [0.15, 0.2) is 0 Å². The van der Waals surface area contributed by atoms with Gasteiger partial charge in [0.1, 0.15) is 0 Å². The Labute approximate surface area is 123 Å². The highest BCUT2D eigenvalue weighted by atomic mass is 32.2. The first-order valence-corrected chi connectivity index (χ1v) is 8.33. The van der Waals surface area contributed by atoms with Crippen molar-refractivity contribution < 1.29 is 4.79 Å². The zero-order valence-corrected chi connectivity index (χ0v) is 13.0. The van der Waals surface area contributed by atoms with Crippen molar-refractivity contribution in [1.82, 2.24) is 4.90 Å². The lowest BCUT2D eigenvalue weighted by molar-refractivity contribution is -0.128. The van der Waals surface area contributed by atoms with Crippen molar-refractivity contribution in [1.29, 1.82) is 0 Å². The van der Waals surface area contributed by atoms with Gasteiger partial charge in [-0.1, -0.05) is 19.1 Å². The van der Waals surface area contributed by atoms with Crippen LogP contribution < -0.4 is 5.73 Å². The summed E-state index contributed by atoms with van der Waals surface area (Å²) in [5.74, 6) is 0.683. The molecule has 1 rings (SSSR count). The van der Waals surface area contributed by atoms with E-state index in [4.69, 9.17) is 5.73 Å². The summed E-state index contributed by atoms with van der Waals surface area (Å²) in [4.78, 5) is 15.3. The number of thiophene rings is 1. The monoisotopic (exact) mass is 298 g/mol. The number of hydrogen-bond acceptors (Lipinski definition) is 4. The number of carbonyl (C=O) groups is 1. The molecular weight excluding hydrogens is 276 g/mol. The van der Waals surface area contributed by atoms with Gasteiger partial charge in [0, 0.05) is 16.7 Å². The number of thioether (sulfide) groups is 1. The van der Waals surface area contributed by atoms with Crippen LogP contribution in [0.25, 0.3) is 0 Å². The van der Waals surface area contributed by atoms with Crippen molar-refractivity contribution in [3.8, 4) is 0 Å². The summed E-state index contributed by atoms with van der Waals surface area (Å²) in [6.07, 6.45) is 2.73. The van der Waals surface area contributed by atoms with Crippen LogP contribution in [-0.4, -0.2) is 34.9 Å². The minimum absolute atomic E-state index is 0.169. The molecule has 3 nitrogen and oxygen atoms in total. The molecule has 19 heavy (non-hydrogen) atoms. The number of rotatable bonds is 9. The Kier molecular flexibility index (Phi) is 7.86. The SMILES string of the molecule is C=CCN(Cc1cccs1)C(=O)CSC(C)CCN. The van der Waals surface area contributed by atoms with Crippen molar-refractivity contribution in [3.63, 3.8) is 0 Å². The molecule has 5 heteroatoms. The molecule has 0 bridgehead atoms. The van der Waals surface area contributed by atoms with Gasteiger partial charge in [0.25, 0.3) is 0 Å². The van der Waals surface area contributed by atoms with Crippen LogP contribution in [0, 0.1) is 0 Å². The minimum atomic E-state index is 0.169. The first-order chi connectivity index (χ1) is 9.17. The molecule has 2 N–H and O–H groups in total. The first kappa shape index (κ1) is 16.3. The van der Waals surface area contributed by atoms with Crippen molar-refractivity contribution in [2.24, 2.45) is 5.73 Å². The normalized spacial score (nSPS) is 12.1. The van der Waals surface area contributed by atoms with E-state index < -0.39 is 0 Å². The van der Waals surface area contributed by atoms with E-state index in [-0.39, 0.29) is 5.91 Å². The second-order valence-electron chi connectivity index (χ2n) is 4.34. The Balaban J connectivity index is 2.46. The molecule has 1 unspecified atom stereocenters. The van der Waals surface area contributed by atoms with Crippen molar-refractivity contribution in [3.05, 3.63) is 35.0 Å². The van der Waals surface area contributed by atoms with E-state index in [2.05, 4.69) is 19.6 Å². The van der Waals surface area contributed by atoms with Gasteiger partial charge in [-0.05, 0) is 24.4 Å². The lowest BCUT2D eigenvalue weighted by atomic mass is 10.3. The third-order valence-electron chi connectivity index (χ3n) is 2.69. The molecule has 0 spiro atoms. The van der Waals surface area contributed by atoms with E-state index in [1.807, 2.05) is 16.3 Å². The largest absolute Gasteiger partial charge is 0.333 e. The topological polar surface area (TPSA) is 46.3 Å². The maximum atomic E-state index is 12.2. The van der Waals surface area contributed by atoms with E-state index in [1.165, 1.54) is 4.88 Å². The fraction of sp³-hybridized carbons (Fsp3) is 0.500. The summed E-state index contributed by atoms with van der Waals surface area (Å²) in [5, 5.41) is 2.46. The molecule has 1 amide bonds. The van der Waals surface area contributed by atoms with Crippen molar-refractivity contribution >= 4 is 29.0 Å².